The van der Waals surface area contributed by atoms with E-state index in [9.17, 15) is 28.2 Å². The summed E-state index contributed by atoms with van der Waals surface area (Å²) < 4.78 is 41.8. The Kier molecular flexibility index (Phi) is 5.81. The summed E-state index contributed by atoms with van der Waals surface area (Å²) in [6, 6.07) is 11.5. The van der Waals surface area contributed by atoms with Crippen LogP contribution in [-0.2, 0) is 22.0 Å². The molecule has 0 radical (unpaired) electrons. The van der Waals surface area contributed by atoms with E-state index in [4.69, 9.17) is 10.7 Å². The Hall–Kier alpha value is -4.18. The van der Waals surface area contributed by atoms with Crippen molar-refractivity contribution in [1.82, 2.24) is 14.4 Å². The van der Waals surface area contributed by atoms with Gasteiger partial charge in [0.05, 0.1) is 5.56 Å². The first-order valence-electron chi connectivity index (χ1n) is 13.0. The number of benzene rings is 2. The van der Waals surface area contributed by atoms with E-state index in [2.05, 4.69) is 4.98 Å². The van der Waals surface area contributed by atoms with Crippen molar-refractivity contribution in [3.8, 4) is 11.3 Å². The molecule has 206 valence electrons. The largest absolute Gasteiger partial charge is 0.478 e. The zero-order valence-corrected chi connectivity index (χ0v) is 21.7. The second-order valence-corrected chi connectivity index (χ2v) is 10.9. The number of nitrogen functional groups attached to an aromatic ring is 1. The van der Waals surface area contributed by atoms with Gasteiger partial charge >= 0.3 is 12.1 Å². The number of nitrogens with zero attached hydrogens (tertiary/aromatic N) is 3. The first-order valence-corrected chi connectivity index (χ1v) is 13.0. The molecule has 0 saturated heterocycles. The Bertz CT molecular complexity index is 1690. The van der Waals surface area contributed by atoms with Crippen LogP contribution in [0, 0.1) is 0 Å². The van der Waals surface area contributed by atoms with Gasteiger partial charge in [0.15, 0.2) is 0 Å². The first kappa shape index (κ1) is 26.1. The van der Waals surface area contributed by atoms with Crippen LogP contribution in [0.25, 0.3) is 16.8 Å². The molecular formula is C30H27F3N4O3. The van der Waals surface area contributed by atoms with Crippen molar-refractivity contribution in [3.63, 3.8) is 0 Å². The summed E-state index contributed by atoms with van der Waals surface area (Å²) in [6.45, 7) is 1.46. The van der Waals surface area contributed by atoms with Crippen molar-refractivity contribution < 1.29 is 28.2 Å². The number of hydrogen-bond donors (Lipinski definition) is 3. The number of anilines is 1. The maximum atomic E-state index is 13.3. The van der Waals surface area contributed by atoms with E-state index in [1.54, 1.807) is 30.5 Å². The van der Waals surface area contributed by atoms with Crippen molar-refractivity contribution in [1.29, 1.82) is 0 Å². The van der Waals surface area contributed by atoms with Crippen LogP contribution in [0.2, 0.25) is 0 Å². The minimum Gasteiger partial charge on any atom is -0.478 e. The van der Waals surface area contributed by atoms with Crippen LogP contribution in [0.5, 0.6) is 0 Å². The number of halogens is 3. The van der Waals surface area contributed by atoms with Crippen LogP contribution in [0.3, 0.4) is 0 Å². The van der Waals surface area contributed by atoms with Crippen molar-refractivity contribution in [2.75, 3.05) is 5.73 Å². The molecule has 1 saturated carbocycles. The second-order valence-electron chi connectivity index (χ2n) is 10.9. The van der Waals surface area contributed by atoms with Crippen molar-refractivity contribution in [2.45, 2.75) is 56.2 Å². The predicted octanol–water partition coefficient (Wildman–Crippen LogP) is 5.85. The number of aliphatic carboxylic acids is 1. The molecule has 6 rings (SSSR count). The van der Waals surface area contributed by atoms with Gasteiger partial charge in [-0.15, -0.1) is 0 Å². The lowest BCUT2D eigenvalue weighted by Crippen LogP contribution is -2.28. The average Bonchev–Trinajstić information content (AvgIpc) is 3.48. The number of carbonyl (C=O) groups is 1. The molecule has 2 aliphatic carbocycles. The van der Waals surface area contributed by atoms with E-state index >= 15 is 0 Å². The third kappa shape index (κ3) is 4.05. The van der Waals surface area contributed by atoms with Gasteiger partial charge in [-0.1, -0.05) is 42.0 Å². The number of allylic oxidation sites excluding steroid dienone is 1. The molecule has 0 amide bonds. The number of nitrogens with two attached hydrogens (primary N) is 1. The number of imidazole rings is 1. The fourth-order valence-electron chi connectivity index (χ4n) is 6.31. The summed E-state index contributed by atoms with van der Waals surface area (Å²) in [5.74, 6) is 0.253. The molecular weight excluding hydrogens is 521 g/mol. The Labute approximate surface area is 227 Å². The monoisotopic (exact) mass is 548 g/mol. The molecule has 2 aliphatic rings. The molecule has 40 heavy (non-hydrogen) atoms. The average molecular weight is 549 g/mol. The molecule has 1 unspecified atom stereocenters. The summed E-state index contributed by atoms with van der Waals surface area (Å²) in [5.41, 5.74) is 7.49. The highest BCUT2D eigenvalue weighted by molar-refractivity contribution is 5.88. The quantitative estimate of drug-likeness (QED) is 0.288. The topological polar surface area (TPSA) is 114 Å². The van der Waals surface area contributed by atoms with Crippen LogP contribution >= 0.6 is 0 Å². The Morgan fingerprint density at radius 1 is 1.05 bits per heavy atom. The highest BCUT2D eigenvalue weighted by atomic mass is 19.4. The molecule has 2 bridgehead atoms. The highest BCUT2D eigenvalue weighted by Gasteiger charge is 2.46. The fourth-order valence-corrected chi connectivity index (χ4v) is 6.31. The Morgan fingerprint density at radius 3 is 2.45 bits per heavy atom. The van der Waals surface area contributed by atoms with E-state index in [1.807, 2.05) is 10.6 Å². The zero-order chi connectivity index (χ0) is 28.4. The number of carboxylic acids is 1. The van der Waals surface area contributed by atoms with Crippen LogP contribution in [0.15, 0.2) is 72.1 Å². The molecule has 0 spiro atoms. The Balaban J connectivity index is 1.40. The van der Waals surface area contributed by atoms with Gasteiger partial charge in [0.1, 0.15) is 28.5 Å². The smallest absolute Gasteiger partial charge is 0.416 e. The molecule has 1 fully saturated rings. The number of rotatable bonds is 5. The second kappa shape index (κ2) is 8.92. The van der Waals surface area contributed by atoms with Gasteiger partial charge in [0.25, 0.3) is 0 Å². The summed E-state index contributed by atoms with van der Waals surface area (Å²) >= 11 is 0. The van der Waals surface area contributed by atoms with Crippen LogP contribution in [-0.4, -0.2) is 30.6 Å². The van der Waals surface area contributed by atoms with E-state index < -0.39 is 23.3 Å². The maximum Gasteiger partial charge on any atom is 0.416 e. The van der Waals surface area contributed by atoms with E-state index in [0.717, 1.165) is 30.0 Å². The lowest BCUT2D eigenvalue weighted by Gasteiger charge is -2.30. The van der Waals surface area contributed by atoms with Crippen molar-refractivity contribution in [2.24, 2.45) is 0 Å². The van der Waals surface area contributed by atoms with E-state index in [-0.39, 0.29) is 11.0 Å². The van der Waals surface area contributed by atoms with Gasteiger partial charge in [-0.05, 0) is 62.3 Å². The normalized spacial score (nSPS) is 20.6. The fraction of sp³-hybridized carbons (Fsp3) is 0.300. The van der Waals surface area contributed by atoms with Gasteiger partial charge in [0.2, 0.25) is 0 Å². The van der Waals surface area contributed by atoms with Crippen LogP contribution in [0.1, 0.15) is 61.5 Å². The van der Waals surface area contributed by atoms with Gasteiger partial charge < -0.3 is 15.9 Å². The SMILES string of the molecule is C[C@@](O)(c1ccc(-c2nc(C34CCC(=C(C(=O)O)CC3)C4)n3ccnc(N)c23)cc1)c1cccc(C(F)(F)F)c1. The summed E-state index contributed by atoms with van der Waals surface area (Å²) in [5, 5.41) is 20.9. The predicted molar refractivity (Wildman–Crippen MR) is 142 cm³/mol. The summed E-state index contributed by atoms with van der Waals surface area (Å²) in [4.78, 5) is 21.0. The lowest BCUT2D eigenvalue weighted by molar-refractivity contribution is -0.137. The molecule has 7 nitrogen and oxygen atoms in total. The number of aromatic nitrogens is 3. The minimum atomic E-state index is -4.52. The third-order valence-electron chi connectivity index (χ3n) is 8.53. The number of alkyl halides is 3. The third-order valence-corrected chi connectivity index (χ3v) is 8.53. The number of carboxylic acid groups (broad SMARTS) is 1. The first-order chi connectivity index (χ1) is 18.9. The standard InChI is InChI=1S/C30H27F3N4O3/c1-28(40,20-3-2-4-21(15-20)30(31,32)33)19-7-5-17(6-8-19)23-24-25(34)35-13-14-37(24)27(36-23)29-11-9-18(16-29)22(10-12-29)26(38)39/h2-8,13-15,40H,9-12,16H2,1H3,(H2,34,35)(H,38,39)/t28-,29?/m1/s1. The van der Waals surface area contributed by atoms with Gasteiger partial charge in [-0.2, -0.15) is 13.2 Å². The molecule has 10 heteroatoms. The van der Waals surface area contributed by atoms with Gasteiger partial charge in [-0.25, -0.2) is 14.8 Å². The molecule has 0 aliphatic heterocycles. The zero-order valence-electron chi connectivity index (χ0n) is 21.7. The van der Waals surface area contributed by atoms with Gasteiger partial charge in [-0.3, -0.25) is 4.40 Å². The van der Waals surface area contributed by atoms with Gasteiger partial charge in [0, 0.05) is 28.9 Å². The molecule has 2 aromatic carbocycles. The van der Waals surface area contributed by atoms with E-state index in [0.29, 0.717) is 59.4 Å². The molecule has 4 N–H and O–H groups in total. The Morgan fingerprint density at radius 2 is 1.75 bits per heavy atom. The maximum absolute atomic E-state index is 13.3. The van der Waals surface area contributed by atoms with Crippen molar-refractivity contribution in [3.05, 3.63) is 94.6 Å². The summed E-state index contributed by atoms with van der Waals surface area (Å²) in [7, 11) is 0. The number of aliphatic hydroxyl groups is 1. The van der Waals surface area contributed by atoms with E-state index in [1.165, 1.54) is 19.1 Å². The number of fused-ring (bicyclic) bond motifs is 3. The summed E-state index contributed by atoms with van der Waals surface area (Å²) in [6.07, 6.45) is 2.19. The van der Waals surface area contributed by atoms with Crippen molar-refractivity contribution >= 4 is 17.3 Å². The van der Waals surface area contributed by atoms with Crippen LogP contribution < -0.4 is 5.73 Å². The molecule has 2 aromatic heterocycles. The van der Waals surface area contributed by atoms with Crippen LogP contribution in [0.4, 0.5) is 19.0 Å². The molecule has 4 aromatic rings. The highest BCUT2D eigenvalue weighted by Crippen LogP contribution is 2.53. The number of hydrogen-bond acceptors (Lipinski definition) is 5. The minimum absolute atomic E-state index is 0.125. The molecule has 2 atom stereocenters. The molecule has 2 heterocycles. The lowest BCUT2D eigenvalue weighted by atomic mass is 9.76.